The van der Waals surface area contributed by atoms with Crippen molar-refractivity contribution in [2.45, 2.75) is 141 Å². The molecule has 2 fully saturated rings. The molecule has 1 aromatic rings. The van der Waals surface area contributed by atoms with Gasteiger partial charge in [0.15, 0.2) is 6.71 Å². The highest BCUT2D eigenvalue weighted by molar-refractivity contribution is 6.82. The van der Waals surface area contributed by atoms with Gasteiger partial charge in [0.1, 0.15) is 5.82 Å². The van der Waals surface area contributed by atoms with Crippen LogP contribution in [0.2, 0.25) is 28.3 Å². The van der Waals surface area contributed by atoms with Crippen molar-refractivity contribution in [2.24, 2.45) is 0 Å². The van der Waals surface area contributed by atoms with Gasteiger partial charge in [0.25, 0.3) is 0 Å². The monoisotopic (exact) mass is 542 g/mol. The van der Waals surface area contributed by atoms with Gasteiger partial charge in [-0.1, -0.05) is 109 Å². The molecule has 0 unspecified atom stereocenters. The molecule has 1 aromatic carbocycles. The van der Waals surface area contributed by atoms with Crippen LogP contribution in [-0.4, -0.2) is 33.7 Å². The lowest BCUT2D eigenvalue weighted by atomic mass is 9.23. The fourth-order valence-corrected chi connectivity index (χ4v) is 13.7. The van der Waals surface area contributed by atoms with Gasteiger partial charge in [-0.3, -0.25) is 0 Å². The molecule has 2 bridgehead atoms. The number of hydrogen-bond acceptors (Lipinski definition) is 3. The molecule has 0 N–H and O–H groups in total. The van der Waals surface area contributed by atoms with Crippen molar-refractivity contribution >= 4 is 26.5 Å². The minimum atomic E-state index is -2.03. The molecular weight excluding hydrogens is 490 g/mol. The average molecular weight is 543 g/mol. The molecule has 0 spiro atoms. The normalized spacial score (nSPS) is 21.6. The van der Waals surface area contributed by atoms with Gasteiger partial charge in [-0.25, -0.2) is 9.18 Å². The molecule has 3 nitrogen and oxygen atoms in total. The number of carbonyl (C=O) groups excluding carboxylic acids is 1. The van der Waals surface area contributed by atoms with Crippen LogP contribution in [0.1, 0.15) is 112 Å². The number of ether oxygens (including phenoxy) is 1. The van der Waals surface area contributed by atoms with E-state index in [1.165, 1.54) is 50.7 Å². The average Bonchev–Trinajstić information content (AvgIpc) is 2.85. The van der Waals surface area contributed by atoms with E-state index >= 15 is 0 Å². The number of benzene rings is 1. The summed E-state index contributed by atoms with van der Waals surface area (Å²) in [6, 6.07) is 6.83. The summed E-state index contributed by atoms with van der Waals surface area (Å²) in [5, 5.41) is 0. The Bertz CT molecular complexity index is 899. The second kappa shape index (κ2) is 13.8. The van der Waals surface area contributed by atoms with Crippen molar-refractivity contribution < 1.29 is 18.3 Å². The Morgan fingerprint density at radius 3 is 1.87 bits per heavy atom. The third kappa shape index (κ3) is 6.84. The fourth-order valence-electron chi connectivity index (χ4n) is 8.07. The third-order valence-corrected chi connectivity index (χ3v) is 15.8. The van der Waals surface area contributed by atoms with Crippen molar-refractivity contribution in [1.29, 1.82) is 0 Å². The zero-order chi connectivity index (χ0) is 28.0. The van der Waals surface area contributed by atoms with Crippen LogP contribution in [0, 0.1) is 5.82 Å². The number of hydrogen-bond donors (Lipinski definition) is 0. The maximum absolute atomic E-state index is 14.0. The highest BCUT2D eigenvalue weighted by Crippen LogP contribution is 2.52. The van der Waals surface area contributed by atoms with Crippen LogP contribution in [0.15, 0.2) is 29.8 Å². The lowest BCUT2D eigenvalue weighted by molar-refractivity contribution is -0.138. The number of carbonyl (C=O) groups is 1. The van der Waals surface area contributed by atoms with Gasteiger partial charge < -0.3 is 9.16 Å². The van der Waals surface area contributed by atoms with Gasteiger partial charge in [-0.15, -0.1) is 0 Å². The number of esters is 1. The van der Waals surface area contributed by atoms with E-state index < -0.39 is 8.32 Å². The Kier molecular flexibility index (Phi) is 11.3. The van der Waals surface area contributed by atoms with E-state index in [0.29, 0.717) is 48.0 Å². The van der Waals surface area contributed by atoms with Crippen LogP contribution in [0.3, 0.4) is 0 Å². The third-order valence-electron chi connectivity index (χ3n) is 9.56. The van der Waals surface area contributed by atoms with Gasteiger partial charge in [0.2, 0.25) is 8.32 Å². The zero-order valence-corrected chi connectivity index (χ0v) is 26.3. The predicted octanol–water partition coefficient (Wildman–Crippen LogP) is 9.65. The standard InChI is InChI=1S/C32H52BFO3Si/c1-9-36-32(35)30(21-16-25(8)37-38(22(2)3,23(4)5)24(6)7)31(26-17-19-29(34)20-18-26)33-27-12-10-13-28(33)15-11-14-27/h17-20,22-25,27-28H,9-16,21H2,1-8H3/b31-30+/t25-,27?,28?/m0/s1. The SMILES string of the molecule is CCOC(=O)/C(CC[C@H](C)O[Si](C(C)C)(C(C)C)C(C)C)=C(/B1C2CCCC1CCC2)c1ccc(F)cc1. The first-order valence-corrected chi connectivity index (χ1v) is 17.5. The Balaban J connectivity index is 2.02. The first kappa shape index (κ1) is 31.1. The van der Waals surface area contributed by atoms with Crippen molar-refractivity contribution in [3.05, 3.63) is 41.2 Å². The van der Waals surface area contributed by atoms with Crippen molar-refractivity contribution in [1.82, 2.24) is 0 Å². The molecule has 0 aromatic heterocycles. The summed E-state index contributed by atoms with van der Waals surface area (Å²) in [5.74, 6) is 0.726. The fraction of sp³-hybridized carbons (Fsp3) is 0.719. The molecule has 0 radical (unpaired) electrons. The quantitative estimate of drug-likeness (QED) is 0.150. The van der Waals surface area contributed by atoms with Crippen molar-refractivity contribution in [3.63, 3.8) is 0 Å². The summed E-state index contributed by atoms with van der Waals surface area (Å²) >= 11 is 0. The van der Waals surface area contributed by atoms with E-state index in [9.17, 15) is 9.18 Å². The van der Waals surface area contributed by atoms with E-state index in [2.05, 4.69) is 48.5 Å². The van der Waals surface area contributed by atoms with Gasteiger partial charge in [-0.2, -0.15) is 0 Å². The lowest BCUT2D eigenvalue weighted by Crippen LogP contribution is -2.49. The Hall–Kier alpha value is -1.40. The van der Waals surface area contributed by atoms with Crippen LogP contribution in [0.5, 0.6) is 0 Å². The molecule has 2 aliphatic heterocycles. The zero-order valence-electron chi connectivity index (χ0n) is 25.3. The highest BCUT2D eigenvalue weighted by atomic mass is 28.4. The first-order valence-electron chi connectivity index (χ1n) is 15.4. The highest BCUT2D eigenvalue weighted by Gasteiger charge is 2.46. The predicted molar refractivity (Wildman–Crippen MR) is 162 cm³/mol. The van der Waals surface area contributed by atoms with E-state index in [-0.39, 0.29) is 17.9 Å². The van der Waals surface area contributed by atoms with Crippen molar-refractivity contribution in [3.8, 4) is 0 Å². The number of halogens is 1. The van der Waals surface area contributed by atoms with E-state index in [1.807, 2.05) is 19.1 Å². The molecular formula is C32H52BFO3Si. The Morgan fingerprint density at radius 1 is 0.921 bits per heavy atom. The van der Waals surface area contributed by atoms with E-state index in [1.54, 1.807) is 0 Å². The molecule has 2 saturated heterocycles. The van der Waals surface area contributed by atoms with Gasteiger partial charge in [0.05, 0.1) is 6.61 Å². The van der Waals surface area contributed by atoms with Gasteiger partial charge in [0, 0.05) is 11.7 Å². The molecule has 2 aliphatic rings. The lowest BCUT2D eigenvalue weighted by Gasteiger charge is -2.44. The second-order valence-corrected chi connectivity index (χ2v) is 18.2. The number of rotatable bonds is 12. The molecule has 6 heteroatoms. The molecule has 0 amide bonds. The summed E-state index contributed by atoms with van der Waals surface area (Å²) in [6.07, 6.45) is 8.86. The summed E-state index contributed by atoms with van der Waals surface area (Å²) in [5.41, 5.74) is 4.46. The Morgan fingerprint density at radius 2 is 1.42 bits per heavy atom. The second-order valence-electron chi connectivity index (χ2n) is 12.8. The van der Waals surface area contributed by atoms with Crippen LogP contribution >= 0.6 is 0 Å². The topological polar surface area (TPSA) is 35.5 Å². The summed E-state index contributed by atoms with van der Waals surface area (Å²) in [6.45, 7) is 18.7. The molecule has 212 valence electrons. The minimum absolute atomic E-state index is 0.0543. The van der Waals surface area contributed by atoms with Crippen molar-refractivity contribution in [2.75, 3.05) is 6.61 Å². The largest absolute Gasteiger partial charge is 0.463 e. The molecule has 1 atom stereocenters. The van der Waals surface area contributed by atoms with Gasteiger partial charge >= 0.3 is 5.97 Å². The van der Waals surface area contributed by atoms with Crippen LogP contribution in [0.25, 0.3) is 5.47 Å². The summed E-state index contributed by atoms with van der Waals surface area (Å²) in [4.78, 5) is 13.6. The maximum atomic E-state index is 14.0. The van der Waals surface area contributed by atoms with E-state index in [4.69, 9.17) is 9.16 Å². The molecule has 0 saturated carbocycles. The number of fused-ring (bicyclic) bond motifs is 2. The van der Waals surface area contributed by atoms with Crippen LogP contribution < -0.4 is 0 Å². The first-order chi connectivity index (χ1) is 18.0. The maximum Gasteiger partial charge on any atom is 0.333 e. The van der Waals surface area contributed by atoms with E-state index in [0.717, 1.165) is 23.0 Å². The summed E-state index contributed by atoms with van der Waals surface area (Å²) < 4.78 is 26.7. The minimum Gasteiger partial charge on any atom is -0.463 e. The molecule has 38 heavy (non-hydrogen) atoms. The van der Waals surface area contributed by atoms with Crippen LogP contribution in [0.4, 0.5) is 4.39 Å². The van der Waals surface area contributed by atoms with Crippen LogP contribution in [-0.2, 0) is 14.0 Å². The molecule has 3 rings (SSSR count). The summed E-state index contributed by atoms with van der Waals surface area (Å²) in [7, 11) is -2.03. The molecule has 2 heterocycles. The van der Waals surface area contributed by atoms with Gasteiger partial charge in [-0.05, 0) is 61.0 Å². The smallest absolute Gasteiger partial charge is 0.333 e. The molecule has 0 aliphatic carbocycles. The Labute approximate surface area is 233 Å².